The Balaban J connectivity index is 2.60. The van der Waals surface area contributed by atoms with E-state index in [1.165, 1.54) is 7.11 Å². The van der Waals surface area contributed by atoms with Gasteiger partial charge in [-0.2, -0.15) is 0 Å². The van der Waals surface area contributed by atoms with Crippen molar-refractivity contribution in [2.24, 2.45) is 0 Å². The molecule has 0 aliphatic carbocycles. The summed E-state index contributed by atoms with van der Waals surface area (Å²) >= 11 is 9.30. The molecule has 0 saturated heterocycles. The van der Waals surface area contributed by atoms with Crippen molar-refractivity contribution in [2.75, 3.05) is 7.11 Å². The Morgan fingerprint density at radius 3 is 2.94 bits per heavy atom. The maximum Gasteiger partial charge on any atom is 0.322 e. The molecular formula is C11H13BrClNO2. The predicted octanol–water partition coefficient (Wildman–Crippen LogP) is 2.75. The number of rotatable bonds is 4. The van der Waals surface area contributed by atoms with E-state index in [0.29, 0.717) is 11.6 Å². The van der Waals surface area contributed by atoms with Crippen molar-refractivity contribution in [3.05, 3.63) is 33.3 Å². The molecule has 0 aliphatic rings. The van der Waals surface area contributed by atoms with Crippen molar-refractivity contribution in [1.82, 2.24) is 5.32 Å². The molecule has 0 saturated carbocycles. The zero-order valence-electron chi connectivity index (χ0n) is 9.09. The third-order valence-electron chi connectivity index (χ3n) is 2.16. The van der Waals surface area contributed by atoms with Crippen LogP contribution in [0.1, 0.15) is 12.5 Å². The van der Waals surface area contributed by atoms with Gasteiger partial charge in [0, 0.05) is 16.0 Å². The van der Waals surface area contributed by atoms with Crippen molar-refractivity contribution in [3.63, 3.8) is 0 Å². The van der Waals surface area contributed by atoms with Crippen molar-refractivity contribution >= 4 is 33.5 Å². The molecule has 3 nitrogen and oxygen atoms in total. The Hall–Kier alpha value is -0.580. The van der Waals surface area contributed by atoms with Crippen LogP contribution in [0.2, 0.25) is 5.02 Å². The van der Waals surface area contributed by atoms with E-state index in [2.05, 4.69) is 26.0 Å². The smallest absolute Gasteiger partial charge is 0.322 e. The molecule has 5 heteroatoms. The minimum absolute atomic E-state index is 0.279. The lowest BCUT2D eigenvalue weighted by Crippen LogP contribution is -2.34. The minimum Gasteiger partial charge on any atom is -0.468 e. The number of halogens is 2. The maximum atomic E-state index is 11.2. The first-order valence-electron chi connectivity index (χ1n) is 4.79. The molecule has 1 aromatic carbocycles. The highest BCUT2D eigenvalue weighted by atomic mass is 79.9. The van der Waals surface area contributed by atoms with Gasteiger partial charge in [-0.25, -0.2) is 0 Å². The Morgan fingerprint density at radius 1 is 1.62 bits per heavy atom. The molecule has 0 heterocycles. The van der Waals surface area contributed by atoms with Crippen LogP contribution in [0.3, 0.4) is 0 Å². The van der Waals surface area contributed by atoms with Crippen LogP contribution in [0.4, 0.5) is 0 Å². The van der Waals surface area contributed by atoms with E-state index in [1.54, 1.807) is 13.0 Å². The van der Waals surface area contributed by atoms with Crippen molar-refractivity contribution < 1.29 is 9.53 Å². The van der Waals surface area contributed by atoms with Crippen LogP contribution >= 0.6 is 27.5 Å². The molecule has 0 amide bonds. The maximum absolute atomic E-state index is 11.2. The molecular weight excluding hydrogens is 293 g/mol. The average Bonchev–Trinajstić information content (AvgIpc) is 2.28. The molecule has 0 radical (unpaired) electrons. The lowest BCUT2D eigenvalue weighted by atomic mass is 10.2. The van der Waals surface area contributed by atoms with Gasteiger partial charge in [-0.15, -0.1) is 0 Å². The number of carbonyl (C=O) groups is 1. The van der Waals surface area contributed by atoms with Crippen LogP contribution in [-0.2, 0) is 16.1 Å². The molecule has 16 heavy (non-hydrogen) atoms. The number of hydrogen-bond acceptors (Lipinski definition) is 3. The fraction of sp³-hybridized carbons (Fsp3) is 0.364. The number of hydrogen-bond donors (Lipinski definition) is 1. The third kappa shape index (κ3) is 3.77. The fourth-order valence-corrected chi connectivity index (χ4v) is 1.78. The van der Waals surface area contributed by atoms with Gasteiger partial charge in [0.1, 0.15) is 6.04 Å². The van der Waals surface area contributed by atoms with E-state index in [0.717, 1.165) is 10.0 Å². The minimum atomic E-state index is -0.337. The lowest BCUT2D eigenvalue weighted by Gasteiger charge is -2.12. The molecule has 1 atom stereocenters. The Labute approximate surface area is 108 Å². The van der Waals surface area contributed by atoms with E-state index in [-0.39, 0.29) is 12.0 Å². The average molecular weight is 307 g/mol. The highest BCUT2D eigenvalue weighted by molar-refractivity contribution is 9.10. The van der Waals surface area contributed by atoms with Gasteiger partial charge in [0.2, 0.25) is 0 Å². The molecule has 88 valence electrons. The van der Waals surface area contributed by atoms with Crippen LogP contribution < -0.4 is 5.32 Å². The van der Waals surface area contributed by atoms with Gasteiger partial charge in [-0.1, -0.05) is 27.5 Å². The summed E-state index contributed by atoms with van der Waals surface area (Å²) in [6.07, 6.45) is 0. The fourth-order valence-electron chi connectivity index (χ4n) is 1.20. The molecule has 1 rings (SSSR count). The summed E-state index contributed by atoms with van der Waals surface area (Å²) in [7, 11) is 1.37. The topological polar surface area (TPSA) is 38.3 Å². The predicted molar refractivity (Wildman–Crippen MR) is 67.5 cm³/mol. The van der Waals surface area contributed by atoms with E-state index >= 15 is 0 Å². The first kappa shape index (κ1) is 13.5. The van der Waals surface area contributed by atoms with Crippen LogP contribution in [0.5, 0.6) is 0 Å². The molecule has 0 aromatic heterocycles. The van der Waals surface area contributed by atoms with Gasteiger partial charge in [-0.3, -0.25) is 4.79 Å². The molecule has 0 fully saturated rings. The second-order valence-corrected chi connectivity index (χ2v) is 4.65. The SMILES string of the molecule is COC(=O)[C@H](C)NCc1cc(Cl)ccc1Br. The summed E-state index contributed by atoms with van der Waals surface area (Å²) in [6.45, 7) is 2.31. The van der Waals surface area contributed by atoms with Crippen LogP contribution in [0.15, 0.2) is 22.7 Å². The number of esters is 1. The Bertz CT molecular complexity index is 384. The quantitative estimate of drug-likeness (QED) is 0.869. The monoisotopic (exact) mass is 305 g/mol. The standard InChI is InChI=1S/C11H13BrClNO2/c1-7(11(15)16-2)14-6-8-5-9(13)3-4-10(8)12/h3-5,7,14H,6H2,1-2H3/t7-/m0/s1. The Kier molecular flexibility index (Phi) is 5.25. The number of benzene rings is 1. The second kappa shape index (κ2) is 6.23. The third-order valence-corrected chi connectivity index (χ3v) is 3.17. The van der Waals surface area contributed by atoms with Crippen molar-refractivity contribution in [3.8, 4) is 0 Å². The Morgan fingerprint density at radius 2 is 2.31 bits per heavy atom. The first-order chi connectivity index (χ1) is 7.54. The summed E-state index contributed by atoms with van der Waals surface area (Å²) in [5, 5.41) is 3.73. The number of carbonyl (C=O) groups excluding carboxylic acids is 1. The van der Waals surface area contributed by atoms with Gasteiger partial charge < -0.3 is 10.1 Å². The van der Waals surface area contributed by atoms with Gasteiger partial charge in [0.25, 0.3) is 0 Å². The molecule has 0 spiro atoms. The zero-order valence-corrected chi connectivity index (χ0v) is 11.4. The first-order valence-corrected chi connectivity index (χ1v) is 5.97. The molecule has 0 bridgehead atoms. The highest BCUT2D eigenvalue weighted by Crippen LogP contribution is 2.21. The molecule has 1 aromatic rings. The summed E-state index contributed by atoms with van der Waals surface area (Å²) in [6, 6.07) is 5.19. The lowest BCUT2D eigenvalue weighted by molar-refractivity contribution is -0.142. The van der Waals surface area contributed by atoms with Gasteiger partial charge >= 0.3 is 5.97 Å². The number of nitrogens with one attached hydrogen (secondary N) is 1. The summed E-state index contributed by atoms with van der Waals surface area (Å²) in [5.41, 5.74) is 1.00. The highest BCUT2D eigenvalue weighted by Gasteiger charge is 2.12. The van der Waals surface area contributed by atoms with Gasteiger partial charge in [0.15, 0.2) is 0 Å². The normalized spacial score (nSPS) is 12.2. The van der Waals surface area contributed by atoms with E-state index in [4.69, 9.17) is 11.6 Å². The van der Waals surface area contributed by atoms with Gasteiger partial charge in [0.05, 0.1) is 7.11 Å². The zero-order chi connectivity index (χ0) is 12.1. The van der Waals surface area contributed by atoms with E-state index < -0.39 is 0 Å². The van der Waals surface area contributed by atoms with Gasteiger partial charge in [-0.05, 0) is 30.7 Å². The van der Waals surface area contributed by atoms with Crippen molar-refractivity contribution in [2.45, 2.75) is 19.5 Å². The number of ether oxygens (including phenoxy) is 1. The summed E-state index contributed by atoms with van der Waals surface area (Å²) in [4.78, 5) is 11.2. The second-order valence-electron chi connectivity index (χ2n) is 3.36. The van der Waals surface area contributed by atoms with E-state index in [1.807, 2.05) is 12.1 Å². The largest absolute Gasteiger partial charge is 0.468 e. The van der Waals surface area contributed by atoms with Crippen LogP contribution in [0.25, 0.3) is 0 Å². The molecule has 1 N–H and O–H groups in total. The molecule has 0 unspecified atom stereocenters. The molecule has 0 aliphatic heterocycles. The summed E-state index contributed by atoms with van der Waals surface area (Å²) in [5.74, 6) is -0.279. The van der Waals surface area contributed by atoms with Crippen LogP contribution in [-0.4, -0.2) is 19.1 Å². The summed E-state index contributed by atoms with van der Waals surface area (Å²) < 4.78 is 5.57. The van der Waals surface area contributed by atoms with Crippen LogP contribution in [0, 0.1) is 0 Å². The number of methoxy groups -OCH3 is 1. The van der Waals surface area contributed by atoms with Crippen molar-refractivity contribution in [1.29, 1.82) is 0 Å². The van der Waals surface area contributed by atoms with E-state index in [9.17, 15) is 4.79 Å².